The number of nitrogens with zero attached hydrogens (tertiary/aromatic N) is 2. The van der Waals surface area contributed by atoms with Gasteiger partial charge in [-0.25, -0.2) is 0 Å². The number of aliphatic imine (C=N–C) groups is 1. The van der Waals surface area contributed by atoms with E-state index in [4.69, 9.17) is 4.74 Å². The number of nitrogens with one attached hydrogen (secondary N) is 2. The SMILES string of the molecule is CN=C(NCCCN(C)C)NCCc1ccccc1OC. The highest BCUT2D eigenvalue weighted by molar-refractivity contribution is 5.79. The number of para-hydroxylation sites is 1. The third kappa shape index (κ3) is 6.99. The molecule has 0 unspecified atom stereocenters. The van der Waals surface area contributed by atoms with Crippen molar-refractivity contribution >= 4 is 5.96 Å². The molecule has 5 heteroatoms. The molecule has 0 fully saturated rings. The zero-order valence-corrected chi connectivity index (χ0v) is 13.6. The van der Waals surface area contributed by atoms with Crippen LogP contribution in [0.25, 0.3) is 0 Å². The predicted molar refractivity (Wildman–Crippen MR) is 89.2 cm³/mol. The van der Waals surface area contributed by atoms with Gasteiger partial charge in [-0.15, -0.1) is 0 Å². The van der Waals surface area contributed by atoms with Crippen LogP contribution in [0, 0.1) is 0 Å². The second kappa shape index (κ2) is 10.0. The molecule has 0 radical (unpaired) electrons. The fraction of sp³-hybridized carbons (Fsp3) is 0.562. The van der Waals surface area contributed by atoms with Crippen LogP contribution in [-0.4, -0.2) is 58.7 Å². The molecule has 118 valence electrons. The van der Waals surface area contributed by atoms with Crippen LogP contribution in [0.3, 0.4) is 0 Å². The van der Waals surface area contributed by atoms with E-state index < -0.39 is 0 Å². The van der Waals surface area contributed by atoms with Crippen molar-refractivity contribution in [3.63, 3.8) is 0 Å². The molecule has 0 aliphatic carbocycles. The van der Waals surface area contributed by atoms with Gasteiger partial charge in [-0.05, 0) is 45.1 Å². The van der Waals surface area contributed by atoms with Gasteiger partial charge in [0.25, 0.3) is 0 Å². The van der Waals surface area contributed by atoms with Gasteiger partial charge in [-0.1, -0.05) is 18.2 Å². The Bertz CT molecular complexity index is 432. The number of rotatable bonds is 8. The first kappa shape index (κ1) is 17.3. The predicted octanol–water partition coefficient (Wildman–Crippen LogP) is 1.35. The Hall–Kier alpha value is -1.75. The molecule has 5 nitrogen and oxygen atoms in total. The molecule has 0 saturated carbocycles. The van der Waals surface area contributed by atoms with Crippen LogP contribution < -0.4 is 15.4 Å². The van der Waals surface area contributed by atoms with Crippen molar-refractivity contribution in [1.82, 2.24) is 15.5 Å². The van der Waals surface area contributed by atoms with Gasteiger partial charge in [0, 0.05) is 20.1 Å². The second-order valence-electron chi connectivity index (χ2n) is 5.14. The molecule has 1 aromatic carbocycles. The van der Waals surface area contributed by atoms with Crippen LogP contribution in [0.4, 0.5) is 0 Å². The van der Waals surface area contributed by atoms with Gasteiger partial charge >= 0.3 is 0 Å². The van der Waals surface area contributed by atoms with Gasteiger partial charge in [-0.2, -0.15) is 0 Å². The summed E-state index contributed by atoms with van der Waals surface area (Å²) in [4.78, 5) is 6.41. The molecule has 0 aliphatic heterocycles. The molecule has 21 heavy (non-hydrogen) atoms. The van der Waals surface area contributed by atoms with Crippen molar-refractivity contribution in [3.05, 3.63) is 29.8 Å². The number of hydrogen-bond acceptors (Lipinski definition) is 3. The Labute approximate surface area is 128 Å². The first-order chi connectivity index (χ1) is 10.2. The third-order valence-corrected chi connectivity index (χ3v) is 3.18. The van der Waals surface area contributed by atoms with E-state index in [0.717, 1.165) is 44.2 Å². The number of methoxy groups -OCH3 is 1. The molecule has 0 spiro atoms. The van der Waals surface area contributed by atoms with Crippen LogP contribution >= 0.6 is 0 Å². The number of guanidine groups is 1. The van der Waals surface area contributed by atoms with Crippen molar-refractivity contribution in [3.8, 4) is 5.75 Å². The summed E-state index contributed by atoms with van der Waals surface area (Å²) in [5, 5.41) is 6.65. The van der Waals surface area contributed by atoms with Crippen LogP contribution in [0.2, 0.25) is 0 Å². The van der Waals surface area contributed by atoms with Crippen LogP contribution in [0.5, 0.6) is 5.75 Å². The summed E-state index contributed by atoms with van der Waals surface area (Å²) >= 11 is 0. The Morgan fingerprint density at radius 2 is 1.90 bits per heavy atom. The zero-order valence-electron chi connectivity index (χ0n) is 13.6. The minimum absolute atomic E-state index is 0.827. The van der Waals surface area contributed by atoms with Gasteiger partial charge in [0.1, 0.15) is 5.75 Å². The quantitative estimate of drug-likeness (QED) is 0.431. The molecule has 0 saturated heterocycles. The molecular formula is C16H28N4O. The van der Waals surface area contributed by atoms with E-state index in [0.29, 0.717) is 0 Å². The molecule has 0 aromatic heterocycles. The highest BCUT2D eigenvalue weighted by Gasteiger charge is 2.02. The molecule has 2 N–H and O–H groups in total. The van der Waals surface area contributed by atoms with Crippen molar-refractivity contribution in [2.75, 3.05) is 47.9 Å². The number of benzene rings is 1. The minimum atomic E-state index is 0.827. The Morgan fingerprint density at radius 3 is 2.57 bits per heavy atom. The molecule has 0 atom stereocenters. The fourth-order valence-corrected chi connectivity index (χ4v) is 2.05. The van der Waals surface area contributed by atoms with Crippen molar-refractivity contribution in [1.29, 1.82) is 0 Å². The average molecular weight is 292 g/mol. The lowest BCUT2D eigenvalue weighted by molar-refractivity contribution is 0.399. The van der Waals surface area contributed by atoms with E-state index in [9.17, 15) is 0 Å². The van der Waals surface area contributed by atoms with E-state index in [2.05, 4.69) is 40.7 Å². The average Bonchev–Trinajstić information content (AvgIpc) is 2.49. The highest BCUT2D eigenvalue weighted by Crippen LogP contribution is 2.17. The first-order valence-electron chi connectivity index (χ1n) is 7.38. The lowest BCUT2D eigenvalue weighted by atomic mass is 10.1. The lowest BCUT2D eigenvalue weighted by Crippen LogP contribution is -2.39. The van der Waals surface area contributed by atoms with Crippen LogP contribution in [0.15, 0.2) is 29.3 Å². The highest BCUT2D eigenvalue weighted by atomic mass is 16.5. The Morgan fingerprint density at radius 1 is 1.19 bits per heavy atom. The van der Waals surface area contributed by atoms with E-state index in [-0.39, 0.29) is 0 Å². The van der Waals surface area contributed by atoms with Gasteiger partial charge in [-0.3, -0.25) is 4.99 Å². The monoisotopic (exact) mass is 292 g/mol. The van der Waals surface area contributed by atoms with Crippen molar-refractivity contribution in [2.24, 2.45) is 4.99 Å². The van der Waals surface area contributed by atoms with Crippen LogP contribution in [-0.2, 0) is 6.42 Å². The van der Waals surface area contributed by atoms with Gasteiger partial charge < -0.3 is 20.3 Å². The molecule has 1 aromatic rings. The summed E-state index contributed by atoms with van der Waals surface area (Å²) in [5.74, 6) is 1.79. The Balaban J connectivity index is 2.29. The number of hydrogen-bond donors (Lipinski definition) is 2. The minimum Gasteiger partial charge on any atom is -0.496 e. The normalized spacial score (nSPS) is 11.6. The standard InChI is InChI=1S/C16H28N4O/c1-17-16(18-11-7-13-20(2)3)19-12-10-14-8-5-6-9-15(14)21-4/h5-6,8-9H,7,10-13H2,1-4H3,(H2,17,18,19). The first-order valence-corrected chi connectivity index (χ1v) is 7.38. The van der Waals surface area contributed by atoms with Crippen molar-refractivity contribution in [2.45, 2.75) is 12.8 Å². The third-order valence-electron chi connectivity index (χ3n) is 3.18. The maximum absolute atomic E-state index is 5.35. The van der Waals surface area contributed by atoms with Gasteiger partial charge in [0.05, 0.1) is 7.11 Å². The fourth-order valence-electron chi connectivity index (χ4n) is 2.05. The number of ether oxygens (including phenoxy) is 1. The molecular weight excluding hydrogens is 264 g/mol. The summed E-state index contributed by atoms with van der Waals surface area (Å²) in [6, 6.07) is 8.10. The largest absolute Gasteiger partial charge is 0.496 e. The summed E-state index contributed by atoms with van der Waals surface area (Å²) in [5.41, 5.74) is 1.20. The summed E-state index contributed by atoms with van der Waals surface area (Å²) in [6.45, 7) is 2.82. The molecule has 0 bridgehead atoms. The summed E-state index contributed by atoms with van der Waals surface area (Å²) in [6.07, 6.45) is 2.00. The zero-order chi connectivity index (χ0) is 15.5. The molecule has 0 amide bonds. The van der Waals surface area contributed by atoms with E-state index in [1.54, 1.807) is 14.2 Å². The van der Waals surface area contributed by atoms with Gasteiger partial charge in [0.2, 0.25) is 0 Å². The van der Waals surface area contributed by atoms with E-state index in [1.807, 2.05) is 18.2 Å². The summed E-state index contributed by atoms with van der Waals surface area (Å²) in [7, 11) is 7.67. The van der Waals surface area contributed by atoms with E-state index in [1.165, 1.54) is 5.56 Å². The van der Waals surface area contributed by atoms with Gasteiger partial charge in [0.15, 0.2) is 5.96 Å². The second-order valence-corrected chi connectivity index (χ2v) is 5.14. The molecule has 1 rings (SSSR count). The maximum Gasteiger partial charge on any atom is 0.190 e. The maximum atomic E-state index is 5.35. The summed E-state index contributed by atoms with van der Waals surface area (Å²) < 4.78 is 5.35. The topological polar surface area (TPSA) is 48.9 Å². The van der Waals surface area contributed by atoms with E-state index >= 15 is 0 Å². The van der Waals surface area contributed by atoms with Crippen LogP contribution in [0.1, 0.15) is 12.0 Å². The molecule has 0 heterocycles. The Kier molecular flexibility index (Phi) is 8.28. The smallest absolute Gasteiger partial charge is 0.190 e. The lowest BCUT2D eigenvalue weighted by Gasteiger charge is -2.14. The van der Waals surface area contributed by atoms with Crippen molar-refractivity contribution < 1.29 is 4.74 Å². The molecule has 0 aliphatic rings.